The van der Waals surface area contributed by atoms with Gasteiger partial charge in [-0.1, -0.05) is 18.2 Å². The van der Waals surface area contributed by atoms with E-state index in [2.05, 4.69) is 0 Å². The molecule has 0 saturated heterocycles. The summed E-state index contributed by atoms with van der Waals surface area (Å²) in [4.78, 5) is 12.0. The van der Waals surface area contributed by atoms with E-state index in [-0.39, 0.29) is 5.78 Å². The zero-order chi connectivity index (χ0) is 12.1. The number of rotatable bonds is 4. The number of methoxy groups -OCH3 is 1. The van der Waals surface area contributed by atoms with E-state index in [4.69, 9.17) is 9.47 Å². The molecule has 1 aliphatic heterocycles. The van der Waals surface area contributed by atoms with Crippen molar-refractivity contribution in [2.75, 3.05) is 13.7 Å². The van der Waals surface area contributed by atoms with Gasteiger partial charge in [0.15, 0.2) is 5.78 Å². The topological polar surface area (TPSA) is 35.5 Å². The summed E-state index contributed by atoms with van der Waals surface area (Å²) in [6.07, 6.45) is 3.71. The molecule has 2 rings (SSSR count). The lowest BCUT2D eigenvalue weighted by molar-refractivity contribution is -0.115. The second-order valence-electron chi connectivity index (χ2n) is 4.03. The fourth-order valence-electron chi connectivity index (χ4n) is 1.91. The second kappa shape index (κ2) is 5.53. The van der Waals surface area contributed by atoms with Gasteiger partial charge >= 0.3 is 0 Å². The highest BCUT2D eigenvalue weighted by atomic mass is 16.5. The first-order chi connectivity index (χ1) is 8.31. The van der Waals surface area contributed by atoms with E-state index < -0.39 is 0 Å². The van der Waals surface area contributed by atoms with Crippen LogP contribution in [0.5, 0.6) is 5.75 Å². The molecule has 1 aromatic rings. The maximum Gasteiger partial charge on any atom is 0.166 e. The molecular weight excluding hydrogens is 216 g/mol. The van der Waals surface area contributed by atoms with Crippen LogP contribution in [-0.2, 0) is 16.0 Å². The number of hydrogen-bond acceptors (Lipinski definition) is 3. The molecule has 17 heavy (non-hydrogen) atoms. The Morgan fingerprint density at radius 2 is 2.24 bits per heavy atom. The van der Waals surface area contributed by atoms with Crippen molar-refractivity contribution in [3.05, 3.63) is 41.7 Å². The molecule has 0 spiro atoms. The van der Waals surface area contributed by atoms with Crippen LogP contribution < -0.4 is 4.74 Å². The zero-order valence-corrected chi connectivity index (χ0v) is 9.94. The first-order valence-electron chi connectivity index (χ1n) is 5.77. The van der Waals surface area contributed by atoms with E-state index >= 15 is 0 Å². The minimum Gasteiger partial charge on any atom is -0.501 e. The van der Waals surface area contributed by atoms with Gasteiger partial charge in [-0.15, -0.1) is 0 Å². The Morgan fingerprint density at radius 1 is 1.41 bits per heavy atom. The van der Waals surface area contributed by atoms with Gasteiger partial charge in [-0.25, -0.2) is 0 Å². The van der Waals surface area contributed by atoms with Crippen molar-refractivity contribution in [3.8, 4) is 5.75 Å². The Hall–Kier alpha value is -1.77. The van der Waals surface area contributed by atoms with Crippen LogP contribution in [0.15, 0.2) is 36.1 Å². The van der Waals surface area contributed by atoms with Crippen molar-refractivity contribution < 1.29 is 14.3 Å². The molecule has 0 unspecified atom stereocenters. The molecule has 0 atom stereocenters. The van der Waals surface area contributed by atoms with E-state index in [1.807, 2.05) is 24.3 Å². The second-order valence-corrected chi connectivity index (χ2v) is 4.03. The molecule has 0 aromatic heterocycles. The summed E-state index contributed by atoms with van der Waals surface area (Å²) in [5, 5.41) is 0. The molecule has 0 amide bonds. The Bertz CT molecular complexity index is 435. The number of benzene rings is 1. The van der Waals surface area contributed by atoms with E-state index in [1.54, 1.807) is 13.4 Å². The van der Waals surface area contributed by atoms with Crippen LogP contribution in [0.25, 0.3) is 0 Å². The zero-order valence-electron chi connectivity index (χ0n) is 9.94. The van der Waals surface area contributed by atoms with Crippen LogP contribution in [0.3, 0.4) is 0 Å². The van der Waals surface area contributed by atoms with Crippen molar-refractivity contribution in [2.45, 2.75) is 19.3 Å². The Labute approximate surface area is 101 Å². The van der Waals surface area contributed by atoms with Crippen molar-refractivity contribution in [2.24, 2.45) is 0 Å². The first-order valence-corrected chi connectivity index (χ1v) is 5.77. The van der Waals surface area contributed by atoms with Crippen LogP contribution in [0, 0.1) is 0 Å². The van der Waals surface area contributed by atoms with Crippen molar-refractivity contribution in [1.82, 2.24) is 0 Å². The summed E-state index contributed by atoms with van der Waals surface area (Å²) >= 11 is 0. The van der Waals surface area contributed by atoms with Crippen molar-refractivity contribution in [3.63, 3.8) is 0 Å². The average Bonchev–Trinajstić information content (AvgIpc) is 2.40. The number of carbonyl (C=O) groups is 1. The Kier molecular flexibility index (Phi) is 3.81. The summed E-state index contributed by atoms with van der Waals surface area (Å²) in [5.74, 6) is 0.882. The number of Topliss-reactive ketones (excluding diaryl/α,β-unsaturated/α-hetero) is 1. The summed E-state index contributed by atoms with van der Waals surface area (Å²) in [6, 6.07) is 7.60. The molecule has 0 radical (unpaired) electrons. The molecule has 1 aromatic carbocycles. The number of para-hydroxylation sites is 1. The van der Waals surface area contributed by atoms with Gasteiger partial charge in [0.2, 0.25) is 0 Å². The summed E-state index contributed by atoms with van der Waals surface area (Å²) in [6.45, 7) is 0.714. The predicted molar refractivity (Wildman–Crippen MR) is 65.0 cm³/mol. The van der Waals surface area contributed by atoms with Gasteiger partial charge in [0.1, 0.15) is 5.75 Å². The third kappa shape index (κ3) is 2.87. The Morgan fingerprint density at radius 3 is 2.94 bits per heavy atom. The molecular formula is C14H16O3. The molecule has 1 heterocycles. The number of ether oxygens (including phenoxy) is 2. The van der Waals surface area contributed by atoms with Gasteiger partial charge in [0.25, 0.3) is 0 Å². The van der Waals surface area contributed by atoms with Crippen LogP contribution in [0.4, 0.5) is 0 Å². The molecule has 0 N–H and O–H groups in total. The van der Waals surface area contributed by atoms with Gasteiger partial charge in [-0.2, -0.15) is 0 Å². The summed E-state index contributed by atoms with van der Waals surface area (Å²) in [7, 11) is 1.62. The highest BCUT2D eigenvalue weighted by Crippen LogP contribution is 2.21. The number of allylic oxidation sites excluding steroid dienone is 1. The van der Waals surface area contributed by atoms with E-state index in [9.17, 15) is 4.79 Å². The molecule has 3 heteroatoms. The van der Waals surface area contributed by atoms with E-state index in [1.165, 1.54) is 0 Å². The third-order valence-electron chi connectivity index (χ3n) is 2.84. The van der Waals surface area contributed by atoms with Crippen LogP contribution in [0.1, 0.15) is 18.4 Å². The molecule has 1 aliphatic rings. The highest BCUT2D eigenvalue weighted by molar-refractivity contribution is 5.96. The Balaban J connectivity index is 2.09. The van der Waals surface area contributed by atoms with E-state index in [0.29, 0.717) is 13.0 Å². The largest absolute Gasteiger partial charge is 0.501 e. The quantitative estimate of drug-likeness (QED) is 0.800. The summed E-state index contributed by atoms with van der Waals surface area (Å²) < 4.78 is 10.4. The first kappa shape index (κ1) is 11.7. The fourth-order valence-corrected chi connectivity index (χ4v) is 1.91. The number of ketones is 1. The van der Waals surface area contributed by atoms with Crippen LogP contribution in [0.2, 0.25) is 0 Å². The van der Waals surface area contributed by atoms with Gasteiger partial charge in [0, 0.05) is 17.6 Å². The highest BCUT2D eigenvalue weighted by Gasteiger charge is 2.15. The number of hydrogen-bond donors (Lipinski definition) is 0. The molecule has 0 fully saturated rings. The smallest absolute Gasteiger partial charge is 0.166 e. The van der Waals surface area contributed by atoms with Gasteiger partial charge in [-0.05, 0) is 18.9 Å². The molecule has 0 bridgehead atoms. The van der Waals surface area contributed by atoms with Gasteiger partial charge in [0.05, 0.1) is 20.0 Å². The SMILES string of the molecule is COc1ccccc1CC(=O)C1=COCCC1. The summed E-state index contributed by atoms with van der Waals surface area (Å²) in [5.41, 5.74) is 1.70. The van der Waals surface area contributed by atoms with Gasteiger partial charge in [-0.3, -0.25) is 4.79 Å². The molecule has 90 valence electrons. The normalized spacial score (nSPS) is 14.8. The minimum absolute atomic E-state index is 0.120. The lowest BCUT2D eigenvalue weighted by Gasteiger charge is -2.13. The standard InChI is InChI=1S/C14H16O3/c1-16-14-7-3-2-5-11(14)9-13(15)12-6-4-8-17-10-12/h2-3,5,7,10H,4,6,8-9H2,1H3. The lowest BCUT2D eigenvalue weighted by Crippen LogP contribution is -2.11. The predicted octanol–water partition coefficient (Wildman–Crippen LogP) is 2.50. The maximum atomic E-state index is 12.0. The van der Waals surface area contributed by atoms with Crippen molar-refractivity contribution in [1.29, 1.82) is 0 Å². The number of carbonyl (C=O) groups excluding carboxylic acids is 1. The van der Waals surface area contributed by atoms with Crippen molar-refractivity contribution >= 4 is 5.78 Å². The van der Waals surface area contributed by atoms with Crippen LogP contribution >= 0.6 is 0 Å². The van der Waals surface area contributed by atoms with Gasteiger partial charge < -0.3 is 9.47 Å². The monoisotopic (exact) mass is 232 g/mol. The molecule has 3 nitrogen and oxygen atoms in total. The molecule has 0 saturated carbocycles. The average molecular weight is 232 g/mol. The fraction of sp³-hybridized carbons (Fsp3) is 0.357. The minimum atomic E-state index is 0.120. The third-order valence-corrected chi connectivity index (χ3v) is 2.84. The van der Waals surface area contributed by atoms with Crippen LogP contribution in [-0.4, -0.2) is 19.5 Å². The molecule has 0 aliphatic carbocycles. The lowest BCUT2D eigenvalue weighted by atomic mass is 9.99. The van der Waals surface area contributed by atoms with E-state index in [0.717, 1.165) is 29.7 Å². The maximum absolute atomic E-state index is 12.0.